The molecule has 5 heterocycles. The van der Waals surface area contributed by atoms with Gasteiger partial charge < -0.3 is 19.5 Å². The summed E-state index contributed by atoms with van der Waals surface area (Å²) in [7, 11) is 0. The van der Waals surface area contributed by atoms with Crippen molar-refractivity contribution in [2.24, 2.45) is 0 Å². The fourth-order valence-corrected chi connectivity index (χ4v) is 3.63. The molecule has 0 saturated carbocycles. The third kappa shape index (κ3) is 1.40. The summed E-state index contributed by atoms with van der Waals surface area (Å²) < 4.78 is 19.6. The van der Waals surface area contributed by atoms with Crippen LogP contribution in [0.1, 0.15) is 19.5 Å². The molecule has 1 unspecified atom stereocenters. The van der Waals surface area contributed by atoms with E-state index in [0.29, 0.717) is 23.8 Å². The van der Waals surface area contributed by atoms with Crippen LogP contribution in [0.4, 0.5) is 10.6 Å². The van der Waals surface area contributed by atoms with Crippen LogP contribution in [0.2, 0.25) is 0 Å². The number of carbonyl (C=O) groups excluding carboxylic acids is 1. The minimum absolute atomic E-state index is 0.237. The molecule has 4 aliphatic rings. The highest BCUT2D eigenvalue weighted by Gasteiger charge is 2.60. The van der Waals surface area contributed by atoms with Gasteiger partial charge in [0.05, 0.1) is 12.2 Å². The van der Waals surface area contributed by atoms with E-state index in [-0.39, 0.29) is 24.3 Å². The van der Waals surface area contributed by atoms with Crippen LogP contribution in [0, 0.1) is 0 Å². The van der Waals surface area contributed by atoms with E-state index in [0.717, 1.165) is 0 Å². The van der Waals surface area contributed by atoms with Crippen LogP contribution in [0.3, 0.4) is 0 Å². The summed E-state index contributed by atoms with van der Waals surface area (Å²) in [5.74, 6) is -0.0908. The average Bonchev–Trinajstić information content (AvgIpc) is 3.01. The molecule has 1 N–H and O–H groups in total. The number of fused-ring (bicyclic) bond motifs is 6. The quantitative estimate of drug-likeness (QED) is 0.727. The van der Waals surface area contributed by atoms with Gasteiger partial charge >= 0.3 is 6.03 Å². The number of rotatable bonds is 0. The van der Waals surface area contributed by atoms with Crippen LogP contribution >= 0.6 is 0 Å². The topological polar surface area (TPSA) is 90.7 Å². The van der Waals surface area contributed by atoms with Crippen molar-refractivity contribution in [1.82, 2.24) is 20.3 Å². The zero-order valence-corrected chi connectivity index (χ0v) is 12.1. The Hall–Kier alpha value is -1.97. The van der Waals surface area contributed by atoms with Crippen LogP contribution in [-0.2, 0) is 20.8 Å². The van der Waals surface area contributed by atoms with E-state index < -0.39 is 12.0 Å². The number of carbonyl (C=O) groups is 1. The molecule has 2 fully saturated rings. The molecule has 2 amide bonds. The molecule has 1 aromatic rings. The maximum Gasteiger partial charge on any atom is 0.329 e. The lowest BCUT2D eigenvalue weighted by Crippen LogP contribution is -2.54. The number of ether oxygens (including phenoxy) is 3. The second-order valence-corrected chi connectivity index (χ2v) is 6.35. The lowest BCUT2D eigenvalue weighted by molar-refractivity contribution is -0.186. The van der Waals surface area contributed by atoms with Gasteiger partial charge in [0, 0.05) is 0 Å². The Labute approximate surface area is 125 Å². The van der Waals surface area contributed by atoms with Gasteiger partial charge in [0.15, 0.2) is 23.5 Å². The minimum Gasteiger partial charge on any atom is -0.347 e. The first-order valence-electron chi connectivity index (χ1n) is 7.19. The van der Waals surface area contributed by atoms with Gasteiger partial charge in [-0.2, -0.15) is 0 Å². The third-order valence-electron chi connectivity index (χ3n) is 4.43. The molecule has 4 atom stereocenters. The van der Waals surface area contributed by atoms with Gasteiger partial charge in [0.1, 0.15) is 18.3 Å². The summed E-state index contributed by atoms with van der Waals surface area (Å²) in [6.07, 6.45) is -1.38. The van der Waals surface area contributed by atoms with Gasteiger partial charge in [-0.05, 0) is 13.8 Å². The highest BCUT2D eigenvalue weighted by molar-refractivity contribution is 6.03. The number of amides is 2. The first kappa shape index (κ1) is 12.6. The van der Waals surface area contributed by atoms with Gasteiger partial charge in [-0.1, -0.05) is 11.8 Å². The predicted molar refractivity (Wildman–Crippen MR) is 72.6 cm³/mol. The average molecular weight is 305 g/mol. The molecule has 2 saturated heterocycles. The fraction of sp³-hybridized carbons (Fsp3) is 0.615. The van der Waals surface area contributed by atoms with E-state index >= 15 is 0 Å². The predicted octanol–water partition coefficient (Wildman–Crippen LogP) is 0.0370. The van der Waals surface area contributed by atoms with Crippen molar-refractivity contribution in [3.05, 3.63) is 12.3 Å². The second kappa shape index (κ2) is 3.67. The first-order chi connectivity index (χ1) is 10.4. The summed E-state index contributed by atoms with van der Waals surface area (Å²) in [6.45, 7) is 8.00. The largest absolute Gasteiger partial charge is 0.347 e. The molecule has 0 aromatic carbocycles. The van der Waals surface area contributed by atoms with Crippen molar-refractivity contribution in [1.29, 1.82) is 0 Å². The van der Waals surface area contributed by atoms with Crippen molar-refractivity contribution < 1.29 is 19.0 Å². The third-order valence-corrected chi connectivity index (χ3v) is 4.43. The summed E-state index contributed by atoms with van der Waals surface area (Å²) in [5, 5.41) is 10.9. The first-order valence-corrected chi connectivity index (χ1v) is 7.19. The number of nitrogens with zero attached hydrogens (tertiary/aromatic N) is 4. The highest BCUT2D eigenvalue weighted by atomic mass is 16.8. The van der Waals surface area contributed by atoms with Gasteiger partial charge in [-0.25, -0.2) is 14.4 Å². The standard InChI is InChI=1S/C13H15N5O4/c1-5-7-10-17(16-15-7)4-6-8-9(22-13(2,3)21-8)11(20-6)18(10)12(19)14-5/h6,8-9,11H,1,4H2,2-3H3,(H,14,19)/t6-,8+,9?,11-/m1/s1. The molecule has 2 bridgehead atoms. The molecule has 116 valence electrons. The summed E-state index contributed by atoms with van der Waals surface area (Å²) >= 11 is 0. The van der Waals surface area contributed by atoms with Crippen LogP contribution < -0.4 is 10.2 Å². The smallest absolute Gasteiger partial charge is 0.329 e. The van der Waals surface area contributed by atoms with Gasteiger partial charge in [0.25, 0.3) is 0 Å². The van der Waals surface area contributed by atoms with Crippen LogP contribution in [0.5, 0.6) is 0 Å². The zero-order valence-electron chi connectivity index (χ0n) is 12.1. The molecule has 0 radical (unpaired) electrons. The molecule has 22 heavy (non-hydrogen) atoms. The maximum absolute atomic E-state index is 12.5. The monoisotopic (exact) mass is 305 g/mol. The van der Waals surface area contributed by atoms with Crippen LogP contribution in [0.15, 0.2) is 6.58 Å². The molecule has 5 rings (SSSR count). The van der Waals surface area contributed by atoms with E-state index in [9.17, 15) is 4.79 Å². The van der Waals surface area contributed by atoms with E-state index in [4.69, 9.17) is 14.2 Å². The van der Waals surface area contributed by atoms with Crippen LogP contribution in [0.25, 0.3) is 5.70 Å². The highest BCUT2D eigenvalue weighted by Crippen LogP contribution is 2.45. The Morgan fingerprint density at radius 2 is 2.14 bits per heavy atom. The lowest BCUT2D eigenvalue weighted by Gasteiger charge is -2.33. The molecule has 0 aliphatic carbocycles. The van der Waals surface area contributed by atoms with E-state index in [2.05, 4.69) is 22.2 Å². The van der Waals surface area contributed by atoms with E-state index in [1.807, 2.05) is 13.8 Å². The number of urea groups is 1. The van der Waals surface area contributed by atoms with Crippen molar-refractivity contribution in [2.45, 2.75) is 50.7 Å². The molecular formula is C13H15N5O4. The lowest BCUT2D eigenvalue weighted by atomic mass is 10.1. The Bertz CT molecular complexity index is 713. The number of anilines is 1. The van der Waals surface area contributed by atoms with Gasteiger partial charge in [-0.15, -0.1) is 5.10 Å². The maximum atomic E-state index is 12.5. The normalized spacial score (nSPS) is 37.6. The summed E-state index contributed by atoms with van der Waals surface area (Å²) in [6, 6.07) is -0.319. The molecule has 1 aromatic heterocycles. The van der Waals surface area contributed by atoms with Gasteiger partial charge in [0.2, 0.25) is 0 Å². The molecule has 9 nitrogen and oxygen atoms in total. The van der Waals surface area contributed by atoms with E-state index in [1.165, 1.54) is 4.90 Å². The Morgan fingerprint density at radius 1 is 1.36 bits per heavy atom. The van der Waals surface area contributed by atoms with Crippen molar-refractivity contribution in [2.75, 3.05) is 4.90 Å². The second-order valence-electron chi connectivity index (χ2n) is 6.35. The number of aromatic nitrogens is 3. The zero-order chi connectivity index (χ0) is 15.2. The summed E-state index contributed by atoms with van der Waals surface area (Å²) in [5.41, 5.74) is 1.01. The Kier molecular flexibility index (Phi) is 2.10. The molecule has 9 heteroatoms. The van der Waals surface area contributed by atoms with Crippen molar-refractivity contribution >= 4 is 17.5 Å². The molecular weight excluding hydrogens is 290 g/mol. The number of hydrogen-bond donors (Lipinski definition) is 1. The van der Waals surface area contributed by atoms with Crippen molar-refractivity contribution in [3.63, 3.8) is 0 Å². The SMILES string of the molecule is C=C1NC(=O)N2c3c1nnn3C[C@H]1O[C@@H]2C2OC(C)(C)O[C@H]21. The fourth-order valence-electron chi connectivity index (χ4n) is 3.63. The Balaban J connectivity index is 1.66. The number of nitrogens with one attached hydrogen (secondary N) is 1. The summed E-state index contributed by atoms with van der Waals surface area (Å²) in [4.78, 5) is 14.0. The van der Waals surface area contributed by atoms with Crippen LogP contribution in [-0.4, -0.2) is 51.4 Å². The Morgan fingerprint density at radius 3 is 2.95 bits per heavy atom. The van der Waals surface area contributed by atoms with Crippen molar-refractivity contribution in [3.8, 4) is 0 Å². The molecule has 0 spiro atoms. The van der Waals surface area contributed by atoms with E-state index in [1.54, 1.807) is 4.68 Å². The van der Waals surface area contributed by atoms with Gasteiger partial charge in [-0.3, -0.25) is 0 Å². The minimum atomic E-state index is -0.695. The number of hydrogen-bond acceptors (Lipinski definition) is 6. The molecule has 4 aliphatic heterocycles.